The Morgan fingerprint density at radius 3 is 2.48 bits per heavy atom. The van der Waals surface area contributed by atoms with Crippen LogP contribution in [0.1, 0.15) is 10.5 Å². The number of nitrogens with zero attached hydrogens (tertiary/aromatic N) is 3. The number of nitrogens with one attached hydrogen (secondary N) is 1. The molecule has 0 unspecified atom stereocenters. The van der Waals surface area contributed by atoms with E-state index in [1.54, 1.807) is 18.1 Å². The van der Waals surface area contributed by atoms with E-state index in [0.717, 1.165) is 17.0 Å². The third-order valence-electron chi connectivity index (χ3n) is 5.26. The van der Waals surface area contributed by atoms with Gasteiger partial charge in [-0.1, -0.05) is 47.6 Å². The highest BCUT2D eigenvalue weighted by Gasteiger charge is 2.23. The van der Waals surface area contributed by atoms with Gasteiger partial charge in [0.1, 0.15) is 5.75 Å². The number of benzene rings is 2. The summed E-state index contributed by atoms with van der Waals surface area (Å²) in [5, 5.41) is 6.45. The lowest BCUT2D eigenvalue weighted by Gasteiger charge is -2.36. The Balaban J connectivity index is 1.28. The molecule has 2 amide bonds. The van der Waals surface area contributed by atoms with Crippen LogP contribution < -0.4 is 15.0 Å². The molecule has 8 nitrogen and oxygen atoms in total. The van der Waals surface area contributed by atoms with Gasteiger partial charge in [-0.2, -0.15) is 0 Å². The molecule has 3 aromatic rings. The summed E-state index contributed by atoms with van der Waals surface area (Å²) < 4.78 is 10.7. The maximum Gasteiger partial charge on any atom is 0.273 e. The third-order valence-corrected chi connectivity index (χ3v) is 5.26. The van der Waals surface area contributed by atoms with Gasteiger partial charge in [-0.3, -0.25) is 9.59 Å². The molecule has 2 heterocycles. The van der Waals surface area contributed by atoms with Gasteiger partial charge in [-0.15, -0.1) is 0 Å². The average molecular weight is 420 g/mol. The summed E-state index contributed by atoms with van der Waals surface area (Å²) in [5.74, 6) is 0.758. The summed E-state index contributed by atoms with van der Waals surface area (Å²) in [4.78, 5) is 28.9. The third kappa shape index (κ3) is 4.69. The number of amides is 2. The Kier molecular flexibility index (Phi) is 6.16. The van der Waals surface area contributed by atoms with Crippen molar-refractivity contribution in [2.75, 3.05) is 44.7 Å². The smallest absolute Gasteiger partial charge is 0.273 e. The second-order valence-electron chi connectivity index (χ2n) is 7.16. The van der Waals surface area contributed by atoms with E-state index in [0.29, 0.717) is 31.9 Å². The van der Waals surface area contributed by atoms with E-state index >= 15 is 0 Å². The van der Waals surface area contributed by atoms with Crippen molar-refractivity contribution in [1.82, 2.24) is 15.4 Å². The Bertz CT molecular complexity index is 1040. The second kappa shape index (κ2) is 9.34. The minimum atomic E-state index is -0.438. The summed E-state index contributed by atoms with van der Waals surface area (Å²) in [6.07, 6.45) is 0. The lowest BCUT2D eigenvalue weighted by Crippen LogP contribution is -2.51. The molecule has 160 valence electrons. The van der Waals surface area contributed by atoms with Crippen molar-refractivity contribution in [2.24, 2.45) is 0 Å². The molecule has 1 aliphatic rings. The molecule has 0 spiro atoms. The average Bonchev–Trinajstić information content (AvgIpc) is 3.33. The molecule has 0 aliphatic carbocycles. The first kappa shape index (κ1) is 20.5. The van der Waals surface area contributed by atoms with E-state index in [9.17, 15) is 9.59 Å². The molecule has 0 saturated carbocycles. The van der Waals surface area contributed by atoms with Gasteiger partial charge in [-0.05, 0) is 12.1 Å². The quantitative estimate of drug-likeness (QED) is 0.659. The Morgan fingerprint density at radius 1 is 1.03 bits per heavy atom. The number of piperazine rings is 1. The number of rotatable bonds is 6. The van der Waals surface area contributed by atoms with Gasteiger partial charge in [0.25, 0.3) is 5.91 Å². The van der Waals surface area contributed by atoms with Gasteiger partial charge < -0.3 is 24.4 Å². The molecule has 0 atom stereocenters. The molecule has 1 aromatic heterocycles. The molecule has 4 rings (SSSR count). The summed E-state index contributed by atoms with van der Waals surface area (Å²) in [6, 6.07) is 18.8. The van der Waals surface area contributed by atoms with Gasteiger partial charge in [0.15, 0.2) is 11.5 Å². The second-order valence-corrected chi connectivity index (χ2v) is 7.16. The monoisotopic (exact) mass is 420 g/mol. The van der Waals surface area contributed by atoms with Crippen molar-refractivity contribution in [3.63, 3.8) is 0 Å². The number of methoxy groups -OCH3 is 1. The van der Waals surface area contributed by atoms with Crippen LogP contribution in [-0.4, -0.2) is 61.7 Å². The SMILES string of the molecule is COc1ccccc1N1CCN(C(=O)CNC(=O)c2cc(-c3ccccc3)on2)CC1. The van der Waals surface area contributed by atoms with E-state index in [2.05, 4.69) is 15.4 Å². The molecule has 1 fully saturated rings. The lowest BCUT2D eigenvalue weighted by molar-refractivity contribution is -0.130. The zero-order valence-electron chi connectivity index (χ0n) is 17.3. The predicted octanol–water partition coefficient (Wildman–Crippen LogP) is 2.43. The Morgan fingerprint density at radius 2 is 1.74 bits per heavy atom. The molecule has 0 bridgehead atoms. The van der Waals surface area contributed by atoms with E-state index in [1.807, 2.05) is 54.6 Å². The predicted molar refractivity (Wildman–Crippen MR) is 116 cm³/mol. The van der Waals surface area contributed by atoms with Gasteiger partial charge in [0, 0.05) is 37.8 Å². The Hall–Kier alpha value is -3.81. The van der Waals surface area contributed by atoms with Crippen LogP contribution in [0.2, 0.25) is 0 Å². The van der Waals surface area contributed by atoms with Crippen LogP contribution in [0.5, 0.6) is 5.75 Å². The number of aromatic nitrogens is 1. The minimum absolute atomic E-state index is 0.0823. The molecule has 1 aliphatic heterocycles. The van der Waals surface area contributed by atoms with Crippen molar-refractivity contribution >= 4 is 17.5 Å². The van der Waals surface area contributed by atoms with Crippen LogP contribution >= 0.6 is 0 Å². The lowest BCUT2D eigenvalue weighted by atomic mass is 10.1. The highest BCUT2D eigenvalue weighted by Crippen LogP contribution is 2.28. The van der Waals surface area contributed by atoms with Crippen LogP contribution in [0.4, 0.5) is 5.69 Å². The first-order valence-electron chi connectivity index (χ1n) is 10.1. The number of hydrogen-bond acceptors (Lipinski definition) is 6. The van der Waals surface area contributed by atoms with Crippen molar-refractivity contribution < 1.29 is 18.8 Å². The normalized spacial score (nSPS) is 13.7. The fourth-order valence-electron chi connectivity index (χ4n) is 3.57. The molecular weight excluding hydrogens is 396 g/mol. The number of hydrogen-bond donors (Lipinski definition) is 1. The number of carbonyl (C=O) groups excluding carboxylic acids is 2. The van der Waals surface area contributed by atoms with Crippen LogP contribution in [0, 0.1) is 0 Å². The van der Waals surface area contributed by atoms with Crippen molar-refractivity contribution in [1.29, 1.82) is 0 Å². The van der Waals surface area contributed by atoms with E-state index in [1.165, 1.54) is 0 Å². The van der Waals surface area contributed by atoms with Gasteiger partial charge in [0.2, 0.25) is 5.91 Å². The number of anilines is 1. The molecular formula is C23H24N4O4. The number of para-hydroxylation sites is 2. The highest BCUT2D eigenvalue weighted by molar-refractivity contribution is 5.95. The maximum absolute atomic E-state index is 12.6. The molecule has 2 aromatic carbocycles. The fraction of sp³-hybridized carbons (Fsp3) is 0.261. The van der Waals surface area contributed by atoms with Crippen LogP contribution in [-0.2, 0) is 4.79 Å². The number of ether oxygens (including phenoxy) is 1. The van der Waals surface area contributed by atoms with Crippen LogP contribution in [0.25, 0.3) is 11.3 Å². The summed E-state index contributed by atoms with van der Waals surface area (Å²) in [7, 11) is 1.65. The van der Waals surface area contributed by atoms with Crippen molar-refractivity contribution in [2.45, 2.75) is 0 Å². The van der Waals surface area contributed by atoms with Gasteiger partial charge in [-0.25, -0.2) is 0 Å². The van der Waals surface area contributed by atoms with Gasteiger partial charge >= 0.3 is 0 Å². The Labute approximate surface area is 180 Å². The largest absolute Gasteiger partial charge is 0.495 e. The summed E-state index contributed by atoms with van der Waals surface area (Å²) in [5.41, 5.74) is 2.00. The fourth-order valence-corrected chi connectivity index (χ4v) is 3.57. The zero-order valence-corrected chi connectivity index (χ0v) is 17.3. The van der Waals surface area contributed by atoms with Crippen LogP contribution in [0.3, 0.4) is 0 Å². The van der Waals surface area contributed by atoms with Crippen LogP contribution in [0.15, 0.2) is 65.2 Å². The molecule has 31 heavy (non-hydrogen) atoms. The summed E-state index contributed by atoms with van der Waals surface area (Å²) >= 11 is 0. The molecule has 1 N–H and O–H groups in total. The standard InChI is InChI=1S/C23H24N4O4/c1-30-20-10-6-5-9-19(20)26-11-13-27(14-12-26)22(28)16-24-23(29)18-15-21(31-25-18)17-7-3-2-4-8-17/h2-10,15H,11-14,16H2,1H3,(H,24,29). The minimum Gasteiger partial charge on any atom is -0.495 e. The first-order chi connectivity index (χ1) is 15.2. The zero-order chi connectivity index (χ0) is 21.6. The van der Waals surface area contributed by atoms with E-state index in [-0.39, 0.29) is 18.1 Å². The van der Waals surface area contributed by atoms with Crippen molar-refractivity contribution in [3.8, 4) is 17.1 Å². The van der Waals surface area contributed by atoms with E-state index < -0.39 is 5.91 Å². The van der Waals surface area contributed by atoms with E-state index in [4.69, 9.17) is 9.26 Å². The molecule has 8 heteroatoms. The first-order valence-corrected chi connectivity index (χ1v) is 10.1. The molecule has 1 saturated heterocycles. The topological polar surface area (TPSA) is 87.9 Å². The molecule has 0 radical (unpaired) electrons. The van der Waals surface area contributed by atoms with Gasteiger partial charge in [0.05, 0.1) is 19.3 Å². The van der Waals surface area contributed by atoms with Crippen molar-refractivity contribution in [3.05, 3.63) is 66.4 Å². The number of carbonyl (C=O) groups is 2. The summed E-state index contributed by atoms with van der Waals surface area (Å²) in [6.45, 7) is 2.47. The maximum atomic E-state index is 12.6. The highest BCUT2D eigenvalue weighted by atomic mass is 16.5.